The molecule has 0 aromatic rings. The van der Waals surface area contributed by atoms with Crippen molar-refractivity contribution in [3.63, 3.8) is 0 Å². The van der Waals surface area contributed by atoms with E-state index >= 15 is 0 Å². The highest BCUT2D eigenvalue weighted by atomic mass is 16.7. The molecule has 0 amide bonds. The second-order valence-corrected chi connectivity index (χ2v) is 2.56. The van der Waals surface area contributed by atoms with Crippen molar-refractivity contribution in [1.29, 1.82) is 0 Å². The van der Waals surface area contributed by atoms with Crippen LogP contribution in [0.4, 0.5) is 4.79 Å². The summed E-state index contributed by atoms with van der Waals surface area (Å²) in [5, 5.41) is 8.33. The first-order valence-corrected chi connectivity index (χ1v) is 4.21. The first-order chi connectivity index (χ1) is 5.70. The zero-order valence-corrected chi connectivity index (χ0v) is 7.62. The lowest BCUT2D eigenvalue weighted by Crippen LogP contribution is -2.15. The van der Waals surface area contributed by atoms with Crippen LogP contribution in [0.25, 0.3) is 0 Å². The molecule has 12 heavy (non-hydrogen) atoms. The van der Waals surface area contributed by atoms with Crippen molar-refractivity contribution in [1.82, 2.24) is 0 Å². The molecular formula is C9H16O3. The summed E-state index contributed by atoms with van der Waals surface area (Å²) < 4.78 is 4.63. The third-order valence-electron chi connectivity index (χ3n) is 1.61. The van der Waals surface area contributed by atoms with Crippen molar-refractivity contribution in [2.75, 3.05) is 0 Å². The van der Waals surface area contributed by atoms with E-state index in [2.05, 4.69) is 4.74 Å². The van der Waals surface area contributed by atoms with Crippen LogP contribution in [0.5, 0.6) is 0 Å². The molecule has 3 heteroatoms. The van der Waals surface area contributed by atoms with Crippen molar-refractivity contribution in [2.24, 2.45) is 0 Å². The molecule has 0 fully saturated rings. The van der Waals surface area contributed by atoms with Gasteiger partial charge in [-0.2, -0.15) is 0 Å². The molecule has 0 aliphatic heterocycles. The maximum atomic E-state index is 10.2. The molecule has 70 valence electrons. The molecule has 1 unspecified atom stereocenters. The van der Waals surface area contributed by atoms with Gasteiger partial charge in [0.05, 0.1) is 0 Å². The Kier molecular flexibility index (Phi) is 6.15. The predicted molar refractivity (Wildman–Crippen MR) is 47.2 cm³/mol. The number of carboxylic acid groups (broad SMARTS) is 1. The molecule has 1 atom stereocenters. The third-order valence-corrected chi connectivity index (χ3v) is 1.61. The summed E-state index contributed by atoms with van der Waals surface area (Å²) in [6.07, 6.45) is 5.02. The van der Waals surface area contributed by atoms with Crippen molar-refractivity contribution in [3.8, 4) is 0 Å². The Hall–Kier alpha value is -0.990. The van der Waals surface area contributed by atoms with Gasteiger partial charge in [0.15, 0.2) is 0 Å². The van der Waals surface area contributed by atoms with Gasteiger partial charge in [0.2, 0.25) is 0 Å². The van der Waals surface area contributed by atoms with E-state index in [1.54, 1.807) is 0 Å². The zero-order valence-electron chi connectivity index (χ0n) is 7.62. The van der Waals surface area contributed by atoms with Crippen LogP contribution in [0.15, 0.2) is 12.2 Å². The Morgan fingerprint density at radius 1 is 1.67 bits per heavy atom. The minimum absolute atomic E-state index is 0.154. The van der Waals surface area contributed by atoms with E-state index in [4.69, 9.17) is 5.11 Å². The summed E-state index contributed by atoms with van der Waals surface area (Å²) in [7, 11) is 0. The standard InChI is InChI=1S/C9H16O3/c1-3-5-6-7-8(4-2)12-9(10)11/h3,5,8H,4,6-7H2,1-2H3,(H,10,11). The van der Waals surface area contributed by atoms with Crippen LogP contribution in [0.2, 0.25) is 0 Å². The van der Waals surface area contributed by atoms with Gasteiger partial charge in [0.1, 0.15) is 6.10 Å². The second kappa shape index (κ2) is 6.70. The summed E-state index contributed by atoms with van der Waals surface area (Å²) in [5.74, 6) is 0. The Morgan fingerprint density at radius 2 is 2.33 bits per heavy atom. The lowest BCUT2D eigenvalue weighted by Gasteiger charge is -2.11. The van der Waals surface area contributed by atoms with E-state index in [0.717, 1.165) is 19.3 Å². The van der Waals surface area contributed by atoms with Gasteiger partial charge >= 0.3 is 6.16 Å². The summed E-state index contributed by atoms with van der Waals surface area (Å²) in [5.41, 5.74) is 0. The molecule has 0 aromatic carbocycles. The highest BCUT2D eigenvalue weighted by molar-refractivity contribution is 5.57. The van der Waals surface area contributed by atoms with Gasteiger partial charge in [-0.25, -0.2) is 4.79 Å². The van der Waals surface area contributed by atoms with Crippen LogP contribution in [0, 0.1) is 0 Å². The Balaban J connectivity index is 3.60. The molecule has 0 spiro atoms. The Morgan fingerprint density at radius 3 is 2.75 bits per heavy atom. The molecule has 0 rings (SSSR count). The van der Waals surface area contributed by atoms with E-state index in [1.807, 2.05) is 26.0 Å². The fraction of sp³-hybridized carbons (Fsp3) is 0.667. The third kappa shape index (κ3) is 5.77. The van der Waals surface area contributed by atoms with Gasteiger partial charge in [0.25, 0.3) is 0 Å². The lowest BCUT2D eigenvalue weighted by atomic mass is 10.1. The molecule has 0 radical (unpaired) electrons. The number of rotatable bonds is 5. The monoisotopic (exact) mass is 172 g/mol. The second-order valence-electron chi connectivity index (χ2n) is 2.56. The minimum Gasteiger partial charge on any atom is -0.450 e. The molecule has 3 nitrogen and oxygen atoms in total. The van der Waals surface area contributed by atoms with Gasteiger partial charge in [-0.05, 0) is 26.2 Å². The summed E-state index contributed by atoms with van der Waals surface area (Å²) in [4.78, 5) is 10.2. The van der Waals surface area contributed by atoms with E-state index in [0.29, 0.717) is 0 Å². The van der Waals surface area contributed by atoms with E-state index in [1.165, 1.54) is 0 Å². The fourth-order valence-electron chi connectivity index (χ4n) is 0.938. The topological polar surface area (TPSA) is 46.5 Å². The largest absolute Gasteiger partial charge is 0.506 e. The molecule has 0 aromatic heterocycles. The minimum atomic E-state index is -1.18. The van der Waals surface area contributed by atoms with Gasteiger partial charge in [-0.15, -0.1) is 0 Å². The highest BCUT2D eigenvalue weighted by Crippen LogP contribution is 2.07. The summed E-state index contributed by atoms with van der Waals surface area (Å²) in [6.45, 7) is 3.86. The number of carbonyl (C=O) groups is 1. The molecule has 0 aliphatic rings. The zero-order chi connectivity index (χ0) is 9.40. The molecule has 0 saturated carbocycles. The molecular weight excluding hydrogens is 156 g/mol. The molecule has 0 bridgehead atoms. The smallest absolute Gasteiger partial charge is 0.450 e. The van der Waals surface area contributed by atoms with E-state index < -0.39 is 6.16 Å². The van der Waals surface area contributed by atoms with Gasteiger partial charge in [-0.1, -0.05) is 19.1 Å². The average molecular weight is 172 g/mol. The fourth-order valence-corrected chi connectivity index (χ4v) is 0.938. The maximum absolute atomic E-state index is 10.2. The van der Waals surface area contributed by atoms with Gasteiger partial charge < -0.3 is 9.84 Å². The SMILES string of the molecule is CC=CCCC(CC)OC(=O)O. The van der Waals surface area contributed by atoms with E-state index in [9.17, 15) is 4.79 Å². The molecule has 0 heterocycles. The summed E-state index contributed by atoms with van der Waals surface area (Å²) >= 11 is 0. The van der Waals surface area contributed by atoms with Crippen molar-refractivity contribution >= 4 is 6.16 Å². The predicted octanol–water partition coefficient (Wildman–Crippen LogP) is 2.82. The average Bonchev–Trinajstić information content (AvgIpc) is 2.02. The van der Waals surface area contributed by atoms with Crippen LogP contribution in [-0.4, -0.2) is 17.4 Å². The number of hydrogen-bond acceptors (Lipinski definition) is 2. The first-order valence-electron chi connectivity index (χ1n) is 4.21. The van der Waals surface area contributed by atoms with Gasteiger partial charge in [0, 0.05) is 0 Å². The lowest BCUT2D eigenvalue weighted by molar-refractivity contribution is 0.0470. The number of hydrogen-bond donors (Lipinski definition) is 1. The Labute approximate surface area is 73.0 Å². The number of ether oxygens (including phenoxy) is 1. The normalized spacial score (nSPS) is 13.2. The first kappa shape index (κ1) is 11.0. The van der Waals surface area contributed by atoms with Crippen LogP contribution < -0.4 is 0 Å². The van der Waals surface area contributed by atoms with Gasteiger partial charge in [-0.3, -0.25) is 0 Å². The van der Waals surface area contributed by atoms with Crippen LogP contribution >= 0.6 is 0 Å². The maximum Gasteiger partial charge on any atom is 0.506 e. The van der Waals surface area contributed by atoms with Crippen molar-refractivity contribution in [2.45, 2.75) is 39.2 Å². The van der Waals surface area contributed by atoms with Crippen molar-refractivity contribution < 1.29 is 14.6 Å². The summed E-state index contributed by atoms with van der Waals surface area (Å²) in [6, 6.07) is 0. The van der Waals surface area contributed by atoms with E-state index in [-0.39, 0.29) is 6.10 Å². The molecule has 1 N–H and O–H groups in total. The highest BCUT2D eigenvalue weighted by Gasteiger charge is 2.09. The number of allylic oxidation sites excluding steroid dienone is 2. The Bertz CT molecular complexity index is 152. The quantitative estimate of drug-likeness (QED) is 0.512. The molecule has 0 aliphatic carbocycles. The van der Waals surface area contributed by atoms with Crippen LogP contribution in [-0.2, 0) is 4.74 Å². The molecule has 0 saturated heterocycles. The van der Waals surface area contributed by atoms with Crippen LogP contribution in [0.1, 0.15) is 33.1 Å². The van der Waals surface area contributed by atoms with Crippen molar-refractivity contribution in [3.05, 3.63) is 12.2 Å². The van der Waals surface area contributed by atoms with Crippen LogP contribution in [0.3, 0.4) is 0 Å².